The molecule has 7 heteroatoms. The molecule has 0 unspecified atom stereocenters. The van der Waals surface area contributed by atoms with Gasteiger partial charge in [-0.25, -0.2) is 14.8 Å². The number of benzene rings is 2. The molecule has 1 amide bonds. The molecule has 1 aliphatic rings. The van der Waals surface area contributed by atoms with Gasteiger partial charge >= 0.3 is 5.97 Å². The number of nitrogens with zero attached hydrogens (tertiary/aromatic N) is 3. The van der Waals surface area contributed by atoms with Crippen LogP contribution in [0.3, 0.4) is 0 Å². The lowest BCUT2D eigenvalue weighted by molar-refractivity contribution is 0.0472. The van der Waals surface area contributed by atoms with Crippen LogP contribution in [0.4, 0.5) is 0 Å². The van der Waals surface area contributed by atoms with E-state index in [-0.39, 0.29) is 12.5 Å². The Balaban J connectivity index is 1.44. The molecule has 28 heavy (non-hydrogen) atoms. The Kier molecular flexibility index (Phi) is 5.04. The Hall–Kier alpha value is -3.25. The summed E-state index contributed by atoms with van der Waals surface area (Å²) in [5.41, 5.74) is 3.47. The van der Waals surface area contributed by atoms with E-state index >= 15 is 0 Å². The highest BCUT2D eigenvalue weighted by atomic mass is 35.5. The second-order valence-electron chi connectivity index (χ2n) is 6.48. The zero-order valence-electron chi connectivity index (χ0n) is 14.8. The van der Waals surface area contributed by atoms with Gasteiger partial charge in [-0.15, -0.1) is 0 Å². The topological polar surface area (TPSA) is 72.4 Å². The smallest absolute Gasteiger partial charge is 0.338 e. The van der Waals surface area contributed by atoms with E-state index in [1.165, 1.54) is 6.33 Å². The van der Waals surface area contributed by atoms with Gasteiger partial charge in [0.2, 0.25) is 0 Å². The molecule has 2 aromatic carbocycles. The minimum Gasteiger partial charge on any atom is -0.457 e. The van der Waals surface area contributed by atoms with Crippen molar-refractivity contribution in [2.45, 2.75) is 19.7 Å². The van der Waals surface area contributed by atoms with Crippen molar-refractivity contribution >= 4 is 23.5 Å². The van der Waals surface area contributed by atoms with Crippen molar-refractivity contribution < 1.29 is 14.3 Å². The molecule has 3 aromatic rings. The fraction of sp³-hybridized carbons (Fsp3) is 0.143. The molecular weight excluding hydrogens is 378 g/mol. The van der Waals surface area contributed by atoms with Crippen LogP contribution in [0.2, 0.25) is 5.02 Å². The molecule has 0 atom stereocenters. The number of fused-ring (bicyclic) bond motifs is 1. The second kappa shape index (κ2) is 7.78. The van der Waals surface area contributed by atoms with Crippen molar-refractivity contribution in [1.29, 1.82) is 0 Å². The summed E-state index contributed by atoms with van der Waals surface area (Å²) in [6, 6.07) is 12.5. The number of aromatic nitrogens is 2. The van der Waals surface area contributed by atoms with E-state index in [0.29, 0.717) is 34.8 Å². The third-order valence-electron chi connectivity index (χ3n) is 4.50. The van der Waals surface area contributed by atoms with Crippen LogP contribution in [0.25, 0.3) is 0 Å². The van der Waals surface area contributed by atoms with Gasteiger partial charge in [0, 0.05) is 41.6 Å². The van der Waals surface area contributed by atoms with Crippen molar-refractivity contribution in [3.8, 4) is 0 Å². The van der Waals surface area contributed by atoms with Gasteiger partial charge in [-0.3, -0.25) is 4.79 Å². The minimum atomic E-state index is -0.490. The molecule has 140 valence electrons. The van der Waals surface area contributed by atoms with Crippen molar-refractivity contribution in [3.63, 3.8) is 0 Å². The predicted molar refractivity (Wildman–Crippen MR) is 103 cm³/mol. The maximum Gasteiger partial charge on any atom is 0.338 e. The SMILES string of the molecule is O=C(OCc1cncnc1)c1ccc2c(c1)C(=O)N(Cc1ccc(Cl)cc1)C2. The first-order chi connectivity index (χ1) is 13.6. The van der Waals surface area contributed by atoms with E-state index in [4.69, 9.17) is 16.3 Å². The van der Waals surface area contributed by atoms with Crippen LogP contribution in [0.15, 0.2) is 61.2 Å². The highest BCUT2D eigenvalue weighted by Gasteiger charge is 2.28. The summed E-state index contributed by atoms with van der Waals surface area (Å²) in [5, 5.41) is 0.657. The van der Waals surface area contributed by atoms with Crippen LogP contribution in [0, 0.1) is 0 Å². The number of carbonyl (C=O) groups excluding carboxylic acids is 2. The van der Waals surface area contributed by atoms with Gasteiger partial charge in [-0.05, 0) is 35.4 Å². The van der Waals surface area contributed by atoms with Crippen LogP contribution < -0.4 is 0 Å². The summed E-state index contributed by atoms with van der Waals surface area (Å²) >= 11 is 5.91. The van der Waals surface area contributed by atoms with Crippen LogP contribution >= 0.6 is 11.6 Å². The normalized spacial score (nSPS) is 12.8. The molecule has 4 rings (SSSR count). The zero-order chi connectivity index (χ0) is 19.5. The monoisotopic (exact) mass is 393 g/mol. The molecule has 0 bridgehead atoms. The fourth-order valence-corrected chi connectivity index (χ4v) is 3.19. The lowest BCUT2D eigenvalue weighted by Crippen LogP contribution is -2.23. The van der Waals surface area contributed by atoms with Gasteiger partial charge in [-0.2, -0.15) is 0 Å². The third-order valence-corrected chi connectivity index (χ3v) is 4.75. The Morgan fingerprint density at radius 1 is 1.07 bits per heavy atom. The summed E-state index contributed by atoms with van der Waals surface area (Å²) in [6.45, 7) is 1.07. The Labute approximate surface area is 166 Å². The van der Waals surface area contributed by atoms with Gasteiger partial charge in [-0.1, -0.05) is 29.8 Å². The number of rotatable bonds is 5. The molecule has 1 aromatic heterocycles. The molecule has 0 spiro atoms. The number of ether oxygens (including phenoxy) is 1. The first-order valence-electron chi connectivity index (χ1n) is 8.68. The largest absolute Gasteiger partial charge is 0.457 e. The molecule has 0 N–H and O–H groups in total. The highest BCUT2D eigenvalue weighted by molar-refractivity contribution is 6.30. The lowest BCUT2D eigenvalue weighted by Gasteiger charge is -2.15. The fourth-order valence-electron chi connectivity index (χ4n) is 3.06. The van der Waals surface area contributed by atoms with Crippen LogP contribution in [-0.2, 0) is 24.4 Å². The predicted octanol–water partition coefficient (Wildman–Crippen LogP) is 3.64. The van der Waals surface area contributed by atoms with Gasteiger partial charge in [0.05, 0.1) is 5.56 Å². The number of carbonyl (C=O) groups is 2. The van der Waals surface area contributed by atoms with Crippen LogP contribution in [0.1, 0.15) is 37.4 Å². The Bertz CT molecular complexity index is 1020. The maximum absolute atomic E-state index is 12.8. The third kappa shape index (κ3) is 3.87. The molecule has 0 saturated carbocycles. The van der Waals surface area contributed by atoms with E-state index in [9.17, 15) is 9.59 Å². The first-order valence-corrected chi connectivity index (χ1v) is 9.05. The van der Waals surface area contributed by atoms with E-state index in [1.54, 1.807) is 47.6 Å². The van der Waals surface area contributed by atoms with Crippen molar-refractivity contribution in [2.75, 3.05) is 0 Å². The van der Waals surface area contributed by atoms with Crippen LogP contribution in [-0.4, -0.2) is 26.7 Å². The molecule has 0 fully saturated rings. The molecule has 0 radical (unpaired) electrons. The average Bonchev–Trinajstić information content (AvgIpc) is 3.03. The average molecular weight is 394 g/mol. The standard InChI is InChI=1S/C21H16ClN3O3/c22-18-5-1-14(2-6-18)10-25-11-17-4-3-16(7-19(17)20(25)26)21(27)28-12-15-8-23-13-24-9-15/h1-9,13H,10-12H2. The summed E-state index contributed by atoms with van der Waals surface area (Å²) in [4.78, 5) is 34.6. The van der Waals surface area contributed by atoms with E-state index in [0.717, 1.165) is 11.1 Å². The number of halogens is 1. The van der Waals surface area contributed by atoms with E-state index in [1.807, 2.05) is 12.1 Å². The van der Waals surface area contributed by atoms with Crippen molar-refractivity contribution in [2.24, 2.45) is 0 Å². The number of amides is 1. The molecule has 2 heterocycles. The summed E-state index contributed by atoms with van der Waals surface area (Å²) in [6.07, 6.45) is 4.58. The van der Waals surface area contributed by atoms with Crippen molar-refractivity contribution in [3.05, 3.63) is 94.0 Å². The van der Waals surface area contributed by atoms with E-state index < -0.39 is 5.97 Å². The Morgan fingerprint density at radius 3 is 2.57 bits per heavy atom. The zero-order valence-corrected chi connectivity index (χ0v) is 15.6. The molecule has 0 saturated heterocycles. The molecular formula is C21H16ClN3O3. The first kappa shape index (κ1) is 18.1. The molecule has 6 nitrogen and oxygen atoms in total. The second-order valence-corrected chi connectivity index (χ2v) is 6.92. The number of hydrogen-bond donors (Lipinski definition) is 0. The van der Waals surface area contributed by atoms with Gasteiger partial charge < -0.3 is 9.64 Å². The molecule has 1 aliphatic heterocycles. The van der Waals surface area contributed by atoms with E-state index in [2.05, 4.69) is 9.97 Å². The Morgan fingerprint density at radius 2 is 1.82 bits per heavy atom. The quantitative estimate of drug-likeness (QED) is 0.619. The minimum absolute atomic E-state index is 0.0768. The number of esters is 1. The highest BCUT2D eigenvalue weighted by Crippen LogP contribution is 2.26. The lowest BCUT2D eigenvalue weighted by atomic mass is 10.1. The van der Waals surface area contributed by atoms with Crippen molar-refractivity contribution in [1.82, 2.24) is 14.9 Å². The summed E-state index contributed by atoms with van der Waals surface area (Å²) in [7, 11) is 0. The molecule has 0 aliphatic carbocycles. The summed E-state index contributed by atoms with van der Waals surface area (Å²) in [5.74, 6) is -0.591. The maximum atomic E-state index is 12.8. The van der Waals surface area contributed by atoms with Gasteiger partial charge in [0.1, 0.15) is 12.9 Å². The summed E-state index contributed by atoms with van der Waals surface area (Å²) < 4.78 is 5.29. The van der Waals surface area contributed by atoms with Gasteiger partial charge in [0.15, 0.2) is 0 Å². The van der Waals surface area contributed by atoms with Crippen LogP contribution in [0.5, 0.6) is 0 Å². The van der Waals surface area contributed by atoms with Gasteiger partial charge in [0.25, 0.3) is 5.91 Å². The number of hydrogen-bond acceptors (Lipinski definition) is 5.